The molecule has 1 fully saturated rings. The fourth-order valence-corrected chi connectivity index (χ4v) is 4.01. The maximum Gasteiger partial charge on any atom is 0.251 e. The van der Waals surface area contributed by atoms with Crippen LogP contribution < -0.4 is 15.0 Å². The van der Waals surface area contributed by atoms with Crippen LogP contribution in [0.25, 0.3) is 0 Å². The van der Waals surface area contributed by atoms with E-state index in [0.717, 1.165) is 12.1 Å². The topological polar surface area (TPSA) is 76.5 Å². The average molecular weight is 475 g/mol. The van der Waals surface area contributed by atoms with Crippen LogP contribution in [0.1, 0.15) is 28.8 Å². The molecule has 0 bridgehead atoms. The normalized spacial score (nSPS) is 18.0. The van der Waals surface area contributed by atoms with Crippen molar-refractivity contribution in [1.82, 2.24) is 15.1 Å². The van der Waals surface area contributed by atoms with Crippen molar-refractivity contribution in [2.24, 2.45) is 0 Å². The van der Waals surface area contributed by atoms with Gasteiger partial charge in [-0.05, 0) is 31.2 Å². The summed E-state index contributed by atoms with van der Waals surface area (Å²) in [6.45, 7) is 2.41. The number of nitrogens with zero attached hydrogens (tertiary/aromatic N) is 3. The summed E-state index contributed by atoms with van der Waals surface area (Å²) in [4.78, 5) is 27.5. The van der Waals surface area contributed by atoms with Gasteiger partial charge in [0.25, 0.3) is 11.8 Å². The van der Waals surface area contributed by atoms with E-state index in [1.54, 1.807) is 16.9 Å². The second kappa shape index (κ2) is 9.19. The molecule has 1 aliphatic rings. The number of ether oxygens (including phenoxy) is 1. The lowest BCUT2D eigenvalue weighted by Crippen LogP contribution is -2.44. The monoisotopic (exact) mass is 474 g/mol. The number of methoxy groups -OCH3 is 1. The first-order valence-corrected chi connectivity index (χ1v) is 10.6. The van der Waals surface area contributed by atoms with Gasteiger partial charge in [0.2, 0.25) is 0 Å². The quantitative estimate of drug-likeness (QED) is 0.590. The highest BCUT2D eigenvalue weighted by Gasteiger charge is 2.45. The number of aromatic nitrogens is 2. The minimum atomic E-state index is -1.21. The first-order valence-electron chi connectivity index (χ1n) is 10.3. The molecule has 0 saturated carbocycles. The number of hydrogen-bond acceptors (Lipinski definition) is 4. The first-order chi connectivity index (χ1) is 15.8. The molecule has 7 nitrogen and oxygen atoms in total. The van der Waals surface area contributed by atoms with Crippen molar-refractivity contribution in [3.8, 4) is 5.75 Å². The highest BCUT2D eigenvalue weighted by atomic mass is 35.5. The Bertz CT molecular complexity index is 1180. The van der Waals surface area contributed by atoms with Crippen LogP contribution in [0.3, 0.4) is 0 Å². The standard InChI is InChI=1S/C23H21ClF2N4O3/c1-3-29-9-8-19(28-29)30-12-16(20-17(25)10-15(33-2)11-18(20)26)21(23(30)32)27-22(31)13-4-6-14(24)7-5-13/h4-11,16,21H,3,12H2,1-2H3,(H,27,31)/t16-,21-/m0/s1. The summed E-state index contributed by atoms with van der Waals surface area (Å²) in [5, 5.41) is 7.42. The van der Waals surface area contributed by atoms with Crippen LogP contribution in [0, 0.1) is 11.6 Å². The Morgan fingerprint density at radius 2 is 1.88 bits per heavy atom. The van der Waals surface area contributed by atoms with Crippen molar-refractivity contribution >= 4 is 29.2 Å². The maximum atomic E-state index is 14.9. The van der Waals surface area contributed by atoms with Gasteiger partial charge in [0.05, 0.1) is 7.11 Å². The molecule has 1 N–H and O–H groups in total. The number of nitrogens with one attached hydrogen (secondary N) is 1. The molecule has 1 aliphatic heterocycles. The Morgan fingerprint density at radius 1 is 1.21 bits per heavy atom. The van der Waals surface area contributed by atoms with Gasteiger partial charge in [-0.3, -0.25) is 19.2 Å². The van der Waals surface area contributed by atoms with Crippen molar-refractivity contribution in [3.63, 3.8) is 0 Å². The van der Waals surface area contributed by atoms with Crippen LogP contribution in [0.15, 0.2) is 48.7 Å². The third-order valence-electron chi connectivity index (χ3n) is 5.59. The van der Waals surface area contributed by atoms with Crippen LogP contribution in [0.5, 0.6) is 5.75 Å². The van der Waals surface area contributed by atoms with Crippen molar-refractivity contribution < 1.29 is 23.1 Å². The minimum Gasteiger partial charge on any atom is -0.497 e. The Labute approximate surface area is 193 Å². The predicted molar refractivity (Wildman–Crippen MR) is 119 cm³/mol. The molecule has 0 radical (unpaired) electrons. The molecule has 2 atom stereocenters. The number of halogens is 3. The summed E-state index contributed by atoms with van der Waals surface area (Å²) in [7, 11) is 1.30. The second-order valence-electron chi connectivity index (χ2n) is 7.55. The number of amides is 2. The van der Waals surface area contributed by atoms with E-state index in [2.05, 4.69) is 10.4 Å². The lowest BCUT2D eigenvalue weighted by atomic mass is 9.92. The number of aryl methyl sites for hydroxylation is 1. The van der Waals surface area contributed by atoms with E-state index >= 15 is 0 Å². The van der Waals surface area contributed by atoms with Crippen LogP contribution in [-0.2, 0) is 11.3 Å². The van der Waals surface area contributed by atoms with E-state index < -0.39 is 35.4 Å². The van der Waals surface area contributed by atoms with E-state index in [1.807, 2.05) is 6.92 Å². The van der Waals surface area contributed by atoms with Gasteiger partial charge in [-0.15, -0.1) is 0 Å². The smallest absolute Gasteiger partial charge is 0.251 e. The van der Waals surface area contributed by atoms with Crippen molar-refractivity contribution in [1.29, 1.82) is 0 Å². The van der Waals surface area contributed by atoms with Gasteiger partial charge < -0.3 is 10.1 Å². The number of carbonyl (C=O) groups is 2. The van der Waals surface area contributed by atoms with Crippen LogP contribution in [0.4, 0.5) is 14.6 Å². The molecule has 1 saturated heterocycles. The first kappa shape index (κ1) is 22.7. The summed E-state index contributed by atoms with van der Waals surface area (Å²) in [6.07, 6.45) is 1.70. The summed E-state index contributed by atoms with van der Waals surface area (Å²) in [5.41, 5.74) is -0.0432. The molecule has 172 valence electrons. The van der Waals surface area contributed by atoms with Gasteiger partial charge >= 0.3 is 0 Å². The summed E-state index contributed by atoms with van der Waals surface area (Å²) in [6, 6.07) is 8.61. The maximum absolute atomic E-state index is 14.9. The molecule has 3 aromatic rings. The fourth-order valence-electron chi connectivity index (χ4n) is 3.89. The Balaban J connectivity index is 1.72. The molecule has 0 spiro atoms. The minimum absolute atomic E-state index is 0.0124. The fraction of sp³-hybridized carbons (Fsp3) is 0.261. The van der Waals surface area contributed by atoms with E-state index in [1.165, 1.54) is 36.3 Å². The molecule has 2 heterocycles. The summed E-state index contributed by atoms with van der Waals surface area (Å²) >= 11 is 5.88. The second-order valence-corrected chi connectivity index (χ2v) is 7.98. The summed E-state index contributed by atoms with van der Waals surface area (Å²) in [5.74, 6) is -3.45. The highest BCUT2D eigenvalue weighted by Crippen LogP contribution is 2.36. The zero-order valence-electron chi connectivity index (χ0n) is 17.9. The number of anilines is 1. The molecule has 2 amide bonds. The number of hydrogen-bond donors (Lipinski definition) is 1. The number of benzene rings is 2. The zero-order chi connectivity index (χ0) is 23.7. The van der Waals surface area contributed by atoms with E-state index in [0.29, 0.717) is 17.4 Å². The van der Waals surface area contributed by atoms with Crippen LogP contribution in [-0.4, -0.2) is 41.3 Å². The average Bonchev–Trinajstić information content (AvgIpc) is 3.39. The van der Waals surface area contributed by atoms with Gasteiger partial charge in [-0.2, -0.15) is 5.10 Å². The molecule has 0 aliphatic carbocycles. The highest BCUT2D eigenvalue weighted by molar-refractivity contribution is 6.30. The Morgan fingerprint density at radius 3 is 2.45 bits per heavy atom. The lowest BCUT2D eigenvalue weighted by Gasteiger charge is -2.20. The van der Waals surface area contributed by atoms with Gasteiger partial charge in [-0.25, -0.2) is 8.78 Å². The molecule has 1 aromatic heterocycles. The molecule has 2 aromatic carbocycles. The van der Waals surface area contributed by atoms with Crippen molar-refractivity contribution in [2.75, 3.05) is 18.6 Å². The molecule has 33 heavy (non-hydrogen) atoms. The molecular weight excluding hydrogens is 454 g/mol. The van der Waals surface area contributed by atoms with Gasteiger partial charge in [-0.1, -0.05) is 11.6 Å². The van der Waals surface area contributed by atoms with Gasteiger partial charge in [0.1, 0.15) is 23.4 Å². The Hall–Kier alpha value is -3.46. The lowest BCUT2D eigenvalue weighted by molar-refractivity contribution is -0.118. The molecule has 10 heteroatoms. The van der Waals surface area contributed by atoms with Crippen molar-refractivity contribution in [3.05, 3.63) is 76.4 Å². The zero-order valence-corrected chi connectivity index (χ0v) is 18.6. The van der Waals surface area contributed by atoms with Crippen LogP contribution in [0.2, 0.25) is 5.02 Å². The molecule has 4 rings (SSSR count). The third-order valence-corrected chi connectivity index (χ3v) is 5.84. The number of rotatable bonds is 6. The molecule has 0 unspecified atom stereocenters. The van der Waals surface area contributed by atoms with E-state index in [9.17, 15) is 18.4 Å². The number of carbonyl (C=O) groups excluding carboxylic acids is 2. The van der Waals surface area contributed by atoms with Gasteiger partial charge in [0.15, 0.2) is 5.82 Å². The summed E-state index contributed by atoms with van der Waals surface area (Å²) < 4.78 is 36.5. The van der Waals surface area contributed by atoms with Crippen LogP contribution >= 0.6 is 11.6 Å². The van der Waals surface area contributed by atoms with Gasteiger partial charge in [0, 0.05) is 59.6 Å². The SMILES string of the molecule is CCn1ccc(N2C[C@@H](c3c(F)cc(OC)cc3F)[C@H](NC(=O)c3ccc(Cl)cc3)C2=O)n1. The van der Waals surface area contributed by atoms with E-state index in [4.69, 9.17) is 16.3 Å². The van der Waals surface area contributed by atoms with E-state index in [-0.39, 0.29) is 23.4 Å². The Kier molecular flexibility index (Phi) is 6.33. The largest absolute Gasteiger partial charge is 0.497 e. The van der Waals surface area contributed by atoms with Crippen molar-refractivity contribution in [2.45, 2.75) is 25.4 Å². The predicted octanol–water partition coefficient (Wildman–Crippen LogP) is 3.77. The molecular formula is C23H21ClF2N4O3. The third kappa shape index (κ3) is 4.41.